The smallest absolute Gasteiger partial charge is 0.319 e. The first-order chi connectivity index (χ1) is 8.93. The summed E-state index contributed by atoms with van der Waals surface area (Å²) in [7, 11) is 1.57. The van der Waals surface area contributed by atoms with Gasteiger partial charge < -0.3 is 15.4 Å². The Balaban J connectivity index is 2.60. The number of ether oxygens (including phenoxy) is 1. The number of hydrogen-bond donors (Lipinski definition) is 2. The van der Waals surface area contributed by atoms with Gasteiger partial charge in [-0.15, -0.1) is 0 Å². The molecule has 1 aromatic rings. The van der Waals surface area contributed by atoms with Crippen molar-refractivity contribution in [3.63, 3.8) is 0 Å². The Morgan fingerprint density at radius 3 is 2.63 bits per heavy atom. The molecule has 0 fully saturated rings. The molecule has 0 spiro atoms. The fourth-order valence-electron chi connectivity index (χ4n) is 1.37. The number of methoxy groups -OCH3 is 1. The van der Waals surface area contributed by atoms with Crippen molar-refractivity contribution in [2.45, 2.75) is 20.0 Å². The zero-order valence-corrected chi connectivity index (χ0v) is 11.9. The lowest BCUT2D eigenvalue weighted by atomic mass is 10.1. The summed E-state index contributed by atoms with van der Waals surface area (Å²) >= 11 is 5.95. The molecule has 0 aliphatic heterocycles. The number of halogens is 1. The number of nitrogens with one attached hydrogen (secondary N) is 2. The van der Waals surface area contributed by atoms with Crippen molar-refractivity contribution in [1.29, 1.82) is 0 Å². The summed E-state index contributed by atoms with van der Waals surface area (Å²) in [6.07, 6.45) is -0.0607. The number of carbonyl (C=O) groups is 2. The summed E-state index contributed by atoms with van der Waals surface area (Å²) in [6, 6.07) is 4.40. The molecule has 0 bridgehead atoms. The predicted molar refractivity (Wildman–Crippen MR) is 74.9 cm³/mol. The molecule has 0 saturated carbocycles. The quantitative estimate of drug-likeness (QED) is 0.817. The van der Waals surface area contributed by atoms with Gasteiger partial charge in [-0.25, -0.2) is 4.79 Å². The second kappa shape index (κ2) is 7.11. The summed E-state index contributed by atoms with van der Waals surface area (Å²) in [5.41, 5.74) is 0.957. The number of benzene rings is 1. The first-order valence-corrected chi connectivity index (χ1v) is 6.20. The molecule has 0 aliphatic carbocycles. The monoisotopic (exact) mass is 284 g/mol. The fraction of sp³-hybridized carbons (Fsp3) is 0.385. The summed E-state index contributed by atoms with van der Waals surface area (Å²) in [5.74, 6) is -0.116. The number of anilines is 1. The summed E-state index contributed by atoms with van der Waals surface area (Å²) in [5, 5.41) is 5.60. The molecule has 1 atom stereocenters. The number of rotatable bonds is 5. The van der Waals surface area contributed by atoms with Crippen molar-refractivity contribution < 1.29 is 14.3 Å². The number of amides is 2. The van der Waals surface area contributed by atoms with Crippen molar-refractivity contribution in [3.05, 3.63) is 28.8 Å². The van der Waals surface area contributed by atoms with Crippen LogP contribution in [-0.4, -0.2) is 31.6 Å². The van der Waals surface area contributed by atoms with E-state index in [1.807, 2.05) is 6.92 Å². The van der Waals surface area contributed by atoms with Gasteiger partial charge in [-0.05, 0) is 32.0 Å². The maximum atomic E-state index is 11.6. The normalized spacial score (nSPS) is 11.8. The minimum absolute atomic E-state index is 0.0607. The van der Waals surface area contributed by atoms with Gasteiger partial charge in [0.15, 0.2) is 5.78 Å². The van der Waals surface area contributed by atoms with Crippen LogP contribution in [0.5, 0.6) is 0 Å². The summed E-state index contributed by atoms with van der Waals surface area (Å²) in [6.45, 7) is 3.69. The lowest BCUT2D eigenvalue weighted by Crippen LogP contribution is -2.34. The SMILES string of the molecule is CO[C@@H](C)CNC(=O)Nc1ccc(C(C)=O)c(Cl)c1. The number of hydrogen-bond acceptors (Lipinski definition) is 3. The maximum absolute atomic E-state index is 11.6. The Kier molecular flexibility index (Phi) is 5.79. The van der Waals surface area contributed by atoms with Gasteiger partial charge in [0.2, 0.25) is 0 Å². The highest BCUT2D eigenvalue weighted by molar-refractivity contribution is 6.34. The van der Waals surface area contributed by atoms with Gasteiger partial charge in [0.1, 0.15) is 0 Å². The third-order valence-electron chi connectivity index (χ3n) is 2.56. The molecule has 0 aliphatic rings. The molecule has 0 aromatic heterocycles. The molecule has 1 rings (SSSR count). The van der Waals surface area contributed by atoms with E-state index in [0.717, 1.165) is 0 Å². The van der Waals surface area contributed by atoms with E-state index >= 15 is 0 Å². The predicted octanol–water partition coefficient (Wildman–Crippen LogP) is 2.70. The van der Waals surface area contributed by atoms with Crippen molar-refractivity contribution in [2.24, 2.45) is 0 Å². The van der Waals surface area contributed by atoms with Gasteiger partial charge >= 0.3 is 6.03 Å². The molecule has 19 heavy (non-hydrogen) atoms. The van der Waals surface area contributed by atoms with Crippen molar-refractivity contribution in [2.75, 3.05) is 19.0 Å². The molecule has 0 radical (unpaired) electrons. The van der Waals surface area contributed by atoms with Gasteiger partial charge in [0.05, 0.1) is 11.1 Å². The van der Waals surface area contributed by atoms with Gasteiger partial charge in [0.25, 0.3) is 0 Å². The average Bonchev–Trinajstić information content (AvgIpc) is 2.35. The molecule has 2 N–H and O–H groups in total. The molecular formula is C13H17ClN2O3. The van der Waals surface area contributed by atoms with Crippen LogP contribution >= 0.6 is 11.6 Å². The van der Waals surface area contributed by atoms with E-state index in [-0.39, 0.29) is 17.9 Å². The van der Waals surface area contributed by atoms with E-state index in [4.69, 9.17) is 16.3 Å². The standard InChI is InChI=1S/C13H17ClN2O3/c1-8(19-3)7-15-13(18)16-10-4-5-11(9(2)17)12(14)6-10/h4-6,8H,7H2,1-3H3,(H2,15,16,18)/t8-/m0/s1. The highest BCUT2D eigenvalue weighted by atomic mass is 35.5. The number of Topliss-reactive ketones (excluding diaryl/α,β-unsaturated/α-hetero) is 1. The van der Waals surface area contributed by atoms with Crippen LogP contribution in [0, 0.1) is 0 Å². The molecule has 0 heterocycles. The molecule has 2 amide bonds. The Labute approximate surface area is 117 Å². The average molecular weight is 285 g/mol. The number of ketones is 1. The highest BCUT2D eigenvalue weighted by Crippen LogP contribution is 2.21. The van der Waals surface area contributed by atoms with Gasteiger partial charge in [-0.2, -0.15) is 0 Å². The zero-order valence-electron chi connectivity index (χ0n) is 11.1. The van der Waals surface area contributed by atoms with E-state index < -0.39 is 0 Å². The van der Waals surface area contributed by atoms with Crippen molar-refractivity contribution in [1.82, 2.24) is 5.32 Å². The Hall–Kier alpha value is -1.59. The first-order valence-electron chi connectivity index (χ1n) is 5.82. The Morgan fingerprint density at radius 2 is 2.11 bits per heavy atom. The van der Waals surface area contributed by atoms with E-state index in [9.17, 15) is 9.59 Å². The first kappa shape index (κ1) is 15.5. The second-order valence-electron chi connectivity index (χ2n) is 4.13. The fourth-order valence-corrected chi connectivity index (χ4v) is 1.69. The van der Waals surface area contributed by atoms with Crippen LogP contribution < -0.4 is 10.6 Å². The van der Waals surface area contributed by atoms with Crippen LogP contribution in [0.4, 0.5) is 10.5 Å². The van der Waals surface area contributed by atoms with Gasteiger partial charge in [-0.3, -0.25) is 4.79 Å². The second-order valence-corrected chi connectivity index (χ2v) is 4.54. The molecule has 104 valence electrons. The third kappa shape index (κ3) is 4.89. The van der Waals surface area contributed by atoms with Crippen molar-refractivity contribution in [3.8, 4) is 0 Å². The van der Waals surface area contributed by atoms with Crippen LogP contribution in [0.2, 0.25) is 5.02 Å². The molecule has 5 nitrogen and oxygen atoms in total. The lowest BCUT2D eigenvalue weighted by Gasteiger charge is -2.12. The Morgan fingerprint density at radius 1 is 1.42 bits per heavy atom. The topological polar surface area (TPSA) is 67.4 Å². The largest absolute Gasteiger partial charge is 0.380 e. The summed E-state index contributed by atoms with van der Waals surface area (Å²) in [4.78, 5) is 22.8. The summed E-state index contributed by atoms with van der Waals surface area (Å²) < 4.78 is 5.01. The van der Waals surface area contributed by atoms with E-state index in [0.29, 0.717) is 22.8 Å². The molecule has 6 heteroatoms. The van der Waals surface area contributed by atoms with Gasteiger partial charge in [0, 0.05) is 24.9 Å². The molecule has 0 unspecified atom stereocenters. The number of carbonyl (C=O) groups excluding carboxylic acids is 2. The molecule has 1 aromatic carbocycles. The minimum atomic E-state index is -0.351. The molecule has 0 saturated heterocycles. The van der Waals surface area contributed by atoms with Crippen LogP contribution in [0.25, 0.3) is 0 Å². The van der Waals surface area contributed by atoms with Crippen LogP contribution in [-0.2, 0) is 4.74 Å². The van der Waals surface area contributed by atoms with E-state index in [1.54, 1.807) is 19.2 Å². The Bertz CT molecular complexity index is 477. The van der Waals surface area contributed by atoms with E-state index in [1.165, 1.54) is 13.0 Å². The molecular weight excluding hydrogens is 268 g/mol. The highest BCUT2D eigenvalue weighted by Gasteiger charge is 2.08. The van der Waals surface area contributed by atoms with Crippen LogP contribution in [0.1, 0.15) is 24.2 Å². The minimum Gasteiger partial charge on any atom is -0.380 e. The van der Waals surface area contributed by atoms with E-state index in [2.05, 4.69) is 10.6 Å². The number of urea groups is 1. The third-order valence-corrected chi connectivity index (χ3v) is 2.87. The lowest BCUT2D eigenvalue weighted by molar-refractivity contribution is 0.101. The maximum Gasteiger partial charge on any atom is 0.319 e. The van der Waals surface area contributed by atoms with Gasteiger partial charge in [-0.1, -0.05) is 11.6 Å². The van der Waals surface area contributed by atoms with Crippen LogP contribution in [0.15, 0.2) is 18.2 Å². The zero-order chi connectivity index (χ0) is 14.4. The van der Waals surface area contributed by atoms with Crippen LogP contribution in [0.3, 0.4) is 0 Å². The van der Waals surface area contributed by atoms with Crippen molar-refractivity contribution >= 4 is 29.1 Å².